The number of H-pyrrole nitrogens is 1. The highest BCUT2D eigenvalue weighted by Gasteiger charge is 2.09. The molecule has 5 nitrogen and oxygen atoms in total. The third-order valence-electron chi connectivity index (χ3n) is 4.45. The minimum Gasteiger partial charge on any atom is -0.490 e. The molecule has 4 rings (SSSR count). The maximum Gasteiger partial charge on any atom is 0.138 e. The number of nitrogens with two attached hydrogens (primary N) is 1. The van der Waals surface area contributed by atoms with E-state index in [4.69, 9.17) is 10.5 Å². The van der Waals surface area contributed by atoms with Gasteiger partial charge in [-0.25, -0.2) is 0 Å². The normalized spacial score (nSPS) is 12.2. The molecule has 1 atom stereocenters. The van der Waals surface area contributed by atoms with Crippen molar-refractivity contribution in [3.63, 3.8) is 0 Å². The minimum atomic E-state index is -0.176. The molecule has 0 aliphatic heterocycles. The molecule has 5 heteroatoms. The van der Waals surface area contributed by atoms with Crippen LogP contribution in [0.2, 0.25) is 0 Å². The van der Waals surface area contributed by atoms with Crippen LogP contribution in [0, 0.1) is 6.92 Å². The van der Waals surface area contributed by atoms with Crippen LogP contribution in [0.1, 0.15) is 17.3 Å². The number of ether oxygens (including phenoxy) is 1. The smallest absolute Gasteiger partial charge is 0.138 e. The molecule has 0 unspecified atom stereocenters. The summed E-state index contributed by atoms with van der Waals surface area (Å²) in [4.78, 5) is 4.31. The number of benzene rings is 2. The largest absolute Gasteiger partial charge is 0.490 e. The van der Waals surface area contributed by atoms with Crippen LogP contribution in [0.25, 0.3) is 22.0 Å². The first-order chi connectivity index (χ1) is 12.7. The lowest BCUT2D eigenvalue weighted by Crippen LogP contribution is -2.18. The number of nitrogens with one attached hydrogen (secondary N) is 1. The molecule has 2 heterocycles. The van der Waals surface area contributed by atoms with Crippen LogP contribution in [0.4, 0.5) is 0 Å². The average Bonchev–Trinajstić information content (AvgIpc) is 3.07. The van der Waals surface area contributed by atoms with Crippen LogP contribution >= 0.6 is 0 Å². The first kappa shape index (κ1) is 16.3. The fourth-order valence-electron chi connectivity index (χ4n) is 2.96. The van der Waals surface area contributed by atoms with Gasteiger partial charge in [-0.2, -0.15) is 5.10 Å². The summed E-state index contributed by atoms with van der Waals surface area (Å²) >= 11 is 0. The van der Waals surface area contributed by atoms with Gasteiger partial charge in [-0.05, 0) is 36.2 Å². The van der Waals surface area contributed by atoms with Crippen molar-refractivity contribution in [1.82, 2.24) is 15.2 Å². The molecule has 0 radical (unpaired) electrons. The van der Waals surface area contributed by atoms with Gasteiger partial charge >= 0.3 is 0 Å². The number of hydrogen-bond donors (Lipinski definition) is 2. The van der Waals surface area contributed by atoms with Gasteiger partial charge in [0.15, 0.2) is 0 Å². The van der Waals surface area contributed by atoms with Gasteiger partial charge in [-0.3, -0.25) is 10.1 Å². The highest BCUT2D eigenvalue weighted by molar-refractivity contribution is 5.86. The summed E-state index contributed by atoms with van der Waals surface area (Å²) in [5.41, 5.74) is 11.3. The van der Waals surface area contributed by atoms with Crippen molar-refractivity contribution >= 4 is 10.9 Å². The minimum absolute atomic E-state index is 0.176. The van der Waals surface area contributed by atoms with Crippen LogP contribution in [0.5, 0.6) is 5.75 Å². The highest BCUT2D eigenvalue weighted by Crippen LogP contribution is 2.27. The molecule has 4 aromatic rings. The Labute approximate surface area is 151 Å². The molecule has 0 fully saturated rings. The van der Waals surface area contributed by atoms with Crippen molar-refractivity contribution in [2.24, 2.45) is 5.73 Å². The van der Waals surface area contributed by atoms with E-state index in [2.05, 4.69) is 21.2 Å². The molecule has 0 saturated heterocycles. The fraction of sp³-hybridized carbons (Fsp3) is 0.143. The number of fused-ring (bicyclic) bond motifs is 1. The second kappa shape index (κ2) is 6.98. The summed E-state index contributed by atoms with van der Waals surface area (Å²) in [6, 6.07) is 17.9. The van der Waals surface area contributed by atoms with E-state index in [1.807, 2.05) is 61.7 Å². The monoisotopic (exact) mass is 344 g/mol. The molecule has 2 aromatic carbocycles. The van der Waals surface area contributed by atoms with E-state index in [1.165, 1.54) is 0 Å². The Morgan fingerprint density at radius 3 is 2.73 bits per heavy atom. The van der Waals surface area contributed by atoms with Crippen molar-refractivity contribution < 1.29 is 4.74 Å². The van der Waals surface area contributed by atoms with E-state index < -0.39 is 0 Å². The molecule has 130 valence electrons. The average molecular weight is 344 g/mol. The van der Waals surface area contributed by atoms with E-state index >= 15 is 0 Å². The Kier molecular flexibility index (Phi) is 4.37. The molecule has 0 aliphatic carbocycles. The van der Waals surface area contributed by atoms with Crippen molar-refractivity contribution in [3.8, 4) is 16.9 Å². The van der Waals surface area contributed by atoms with E-state index in [9.17, 15) is 0 Å². The van der Waals surface area contributed by atoms with Crippen molar-refractivity contribution in [2.75, 3.05) is 6.61 Å². The van der Waals surface area contributed by atoms with Gasteiger partial charge in [0, 0.05) is 22.8 Å². The van der Waals surface area contributed by atoms with Crippen molar-refractivity contribution in [1.29, 1.82) is 0 Å². The Bertz CT molecular complexity index is 1030. The first-order valence-corrected chi connectivity index (χ1v) is 8.54. The summed E-state index contributed by atoms with van der Waals surface area (Å²) in [5, 5.41) is 8.39. The number of nitrogens with zero attached hydrogens (tertiary/aromatic N) is 2. The lowest BCUT2D eigenvalue weighted by molar-refractivity contribution is 0.290. The van der Waals surface area contributed by atoms with Gasteiger partial charge in [-0.1, -0.05) is 36.4 Å². The summed E-state index contributed by atoms with van der Waals surface area (Å²) in [6.07, 6.45) is 3.55. The summed E-state index contributed by atoms with van der Waals surface area (Å²) in [7, 11) is 0. The van der Waals surface area contributed by atoms with Crippen LogP contribution in [-0.4, -0.2) is 21.8 Å². The van der Waals surface area contributed by atoms with Gasteiger partial charge in [0.1, 0.15) is 12.4 Å². The van der Waals surface area contributed by atoms with Gasteiger partial charge in [0.25, 0.3) is 0 Å². The van der Waals surface area contributed by atoms with Gasteiger partial charge in [-0.15, -0.1) is 0 Å². The summed E-state index contributed by atoms with van der Waals surface area (Å²) < 4.78 is 5.87. The van der Waals surface area contributed by atoms with Crippen LogP contribution in [-0.2, 0) is 0 Å². The zero-order chi connectivity index (χ0) is 17.9. The Morgan fingerprint density at radius 2 is 1.88 bits per heavy atom. The second-order valence-electron chi connectivity index (χ2n) is 6.32. The topological polar surface area (TPSA) is 76.8 Å². The third-order valence-corrected chi connectivity index (χ3v) is 4.45. The SMILES string of the molecule is Cc1[nH]nc2ccc(-c3cncc(OC[C@@H](N)c4ccccc4)c3)cc12. The fourth-order valence-corrected chi connectivity index (χ4v) is 2.96. The molecular formula is C21H20N4O. The Balaban J connectivity index is 1.53. The zero-order valence-electron chi connectivity index (χ0n) is 14.5. The predicted octanol–water partition coefficient (Wildman–Crippen LogP) is 4.01. The maximum atomic E-state index is 6.20. The maximum absolute atomic E-state index is 6.20. The Hall–Kier alpha value is -3.18. The molecule has 0 spiro atoms. The number of aromatic nitrogens is 3. The lowest BCUT2D eigenvalue weighted by atomic mass is 10.0. The van der Waals surface area contributed by atoms with Crippen LogP contribution < -0.4 is 10.5 Å². The molecular weight excluding hydrogens is 324 g/mol. The number of pyridine rings is 1. The van der Waals surface area contributed by atoms with Crippen LogP contribution in [0.3, 0.4) is 0 Å². The van der Waals surface area contributed by atoms with E-state index in [-0.39, 0.29) is 6.04 Å². The number of aryl methyl sites for hydroxylation is 1. The first-order valence-electron chi connectivity index (χ1n) is 8.54. The zero-order valence-corrected chi connectivity index (χ0v) is 14.5. The lowest BCUT2D eigenvalue weighted by Gasteiger charge is -2.14. The number of rotatable bonds is 5. The van der Waals surface area contributed by atoms with E-state index in [0.29, 0.717) is 12.4 Å². The van der Waals surface area contributed by atoms with Crippen molar-refractivity contribution in [3.05, 3.63) is 78.2 Å². The van der Waals surface area contributed by atoms with E-state index in [1.54, 1.807) is 6.20 Å². The van der Waals surface area contributed by atoms with Crippen molar-refractivity contribution in [2.45, 2.75) is 13.0 Å². The third kappa shape index (κ3) is 3.30. The molecule has 26 heavy (non-hydrogen) atoms. The van der Waals surface area contributed by atoms with E-state index in [0.717, 1.165) is 33.3 Å². The van der Waals surface area contributed by atoms with Gasteiger partial charge in [0.2, 0.25) is 0 Å². The standard InChI is InChI=1S/C21H20N4O/c1-14-19-10-16(7-8-21(19)25-24-14)17-9-18(12-23-11-17)26-13-20(22)15-5-3-2-4-6-15/h2-12,20H,13,22H2,1H3,(H,24,25)/t20-/m1/s1. The second-order valence-corrected chi connectivity index (χ2v) is 6.32. The molecule has 2 aromatic heterocycles. The molecule has 3 N–H and O–H groups in total. The number of hydrogen-bond acceptors (Lipinski definition) is 4. The quantitative estimate of drug-likeness (QED) is 0.573. The highest BCUT2D eigenvalue weighted by atomic mass is 16.5. The molecule has 0 amide bonds. The van der Waals surface area contributed by atoms with Crippen LogP contribution in [0.15, 0.2) is 67.0 Å². The molecule has 0 aliphatic rings. The van der Waals surface area contributed by atoms with Gasteiger partial charge in [0.05, 0.1) is 17.8 Å². The summed E-state index contributed by atoms with van der Waals surface area (Å²) in [6.45, 7) is 2.41. The number of aromatic amines is 1. The predicted molar refractivity (Wildman–Crippen MR) is 103 cm³/mol. The summed E-state index contributed by atoms with van der Waals surface area (Å²) in [5.74, 6) is 0.706. The molecule has 0 bridgehead atoms. The van der Waals surface area contributed by atoms with Gasteiger partial charge < -0.3 is 10.5 Å². The molecule has 0 saturated carbocycles. The Morgan fingerprint density at radius 1 is 1.04 bits per heavy atom.